The van der Waals surface area contributed by atoms with Gasteiger partial charge in [0, 0.05) is 0 Å². The molecule has 23 heavy (non-hydrogen) atoms. The molecule has 3 rings (SSSR count). The van der Waals surface area contributed by atoms with Crippen molar-refractivity contribution in [2.24, 2.45) is 0 Å². The second-order valence-corrected chi connectivity index (χ2v) is 5.64. The van der Waals surface area contributed by atoms with Gasteiger partial charge < -0.3 is 5.32 Å². The topological polar surface area (TPSA) is 53.6 Å². The molecule has 0 aliphatic carbocycles. The highest BCUT2D eigenvalue weighted by Crippen LogP contribution is 2.19. The van der Waals surface area contributed by atoms with E-state index < -0.39 is 0 Å². The second-order valence-electron chi connectivity index (χ2n) is 5.64. The van der Waals surface area contributed by atoms with Crippen LogP contribution in [0.1, 0.15) is 35.7 Å². The molecule has 4 heteroatoms. The van der Waals surface area contributed by atoms with E-state index in [-0.39, 0.29) is 6.04 Å². The number of aryl methyl sites for hydroxylation is 1. The SMILES string of the molecule is c1ccc(CCCCNC(c2ccccc2)c2cn[nH]n2)cc1. The molecule has 0 fully saturated rings. The minimum Gasteiger partial charge on any atom is -0.305 e. The molecule has 0 saturated heterocycles. The van der Waals surface area contributed by atoms with Crippen LogP contribution in [0.5, 0.6) is 0 Å². The highest BCUT2D eigenvalue weighted by atomic mass is 15.3. The Labute approximate surface area is 137 Å². The fraction of sp³-hybridized carbons (Fsp3) is 0.263. The first kappa shape index (κ1) is 15.4. The fourth-order valence-corrected chi connectivity index (χ4v) is 2.73. The third kappa shape index (κ3) is 4.50. The Morgan fingerprint density at radius 2 is 1.65 bits per heavy atom. The monoisotopic (exact) mass is 306 g/mol. The Hall–Kier alpha value is -2.46. The van der Waals surface area contributed by atoms with Crippen LogP contribution in [0.25, 0.3) is 0 Å². The molecule has 0 amide bonds. The zero-order valence-electron chi connectivity index (χ0n) is 13.2. The van der Waals surface area contributed by atoms with Crippen molar-refractivity contribution in [3.63, 3.8) is 0 Å². The molecular formula is C19H22N4. The van der Waals surface area contributed by atoms with E-state index >= 15 is 0 Å². The summed E-state index contributed by atoms with van der Waals surface area (Å²) in [6.45, 7) is 0.958. The van der Waals surface area contributed by atoms with E-state index in [4.69, 9.17) is 0 Å². The Morgan fingerprint density at radius 3 is 2.35 bits per heavy atom. The van der Waals surface area contributed by atoms with Crippen molar-refractivity contribution in [1.82, 2.24) is 20.7 Å². The lowest BCUT2D eigenvalue weighted by atomic mass is 10.0. The minimum absolute atomic E-state index is 0.0895. The van der Waals surface area contributed by atoms with Crippen molar-refractivity contribution in [1.29, 1.82) is 0 Å². The molecule has 0 radical (unpaired) electrons. The Kier molecular flexibility index (Phi) is 5.53. The smallest absolute Gasteiger partial charge is 0.104 e. The number of unbranched alkanes of at least 4 members (excludes halogenated alkanes) is 1. The molecule has 2 N–H and O–H groups in total. The van der Waals surface area contributed by atoms with Crippen LogP contribution in [0.3, 0.4) is 0 Å². The molecular weight excluding hydrogens is 284 g/mol. The van der Waals surface area contributed by atoms with Crippen LogP contribution in [0.4, 0.5) is 0 Å². The van der Waals surface area contributed by atoms with Crippen molar-refractivity contribution < 1.29 is 0 Å². The van der Waals surface area contributed by atoms with E-state index in [0.717, 1.165) is 25.1 Å². The standard InChI is InChI=1S/C19H22N4/c1-3-9-16(10-4-1)11-7-8-14-20-19(18-15-21-23-22-18)17-12-5-2-6-13-17/h1-6,9-10,12-13,15,19-20H,7-8,11,14H2,(H,21,22,23). The van der Waals surface area contributed by atoms with Crippen LogP contribution in [-0.4, -0.2) is 22.0 Å². The van der Waals surface area contributed by atoms with Gasteiger partial charge in [0.15, 0.2) is 0 Å². The van der Waals surface area contributed by atoms with Crippen LogP contribution in [0, 0.1) is 0 Å². The molecule has 1 unspecified atom stereocenters. The largest absolute Gasteiger partial charge is 0.305 e. The van der Waals surface area contributed by atoms with E-state index in [2.05, 4.69) is 75.3 Å². The fourth-order valence-electron chi connectivity index (χ4n) is 2.73. The van der Waals surface area contributed by atoms with Crippen molar-refractivity contribution in [3.05, 3.63) is 83.7 Å². The maximum absolute atomic E-state index is 4.24. The lowest BCUT2D eigenvalue weighted by molar-refractivity contribution is 0.559. The first-order valence-electron chi connectivity index (χ1n) is 8.11. The summed E-state index contributed by atoms with van der Waals surface area (Å²) in [6.07, 6.45) is 5.23. The number of nitrogens with one attached hydrogen (secondary N) is 2. The molecule has 2 aromatic carbocycles. The third-order valence-corrected chi connectivity index (χ3v) is 3.95. The first-order valence-corrected chi connectivity index (χ1v) is 8.11. The van der Waals surface area contributed by atoms with Gasteiger partial charge in [-0.15, -0.1) is 0 Å². The van der Waals surface area contributed by atoms with Gasteiger partial charge in [-0.3, -0.25) is 0 Å². The van der Waals surface area contributed by atoms with Crippen LogP contribution in [0.2, 0.25) is 0 Å². The summed E-state index contributed by atoms with van der Waals surface area (Å²) < 4.78 is 0. The van der Waals surface area contributed by atoms with Gasteiger partial charge in [-0.2, -0.15) is 15.4 Å². The van der Waals surface area contributed by atoms with Gasteiger partial charge in [-0.25, -0.2) is 0 Å². The average molecular weight is 306 g/mol. The summed E-state index contributed by atoms with van der Waals surface area (Å²) >= 11 is 0. The lowest BCUT2D eigenvalue weighted by Crippen LogP contribution is -2.24. The Morgan fingerprint density at radius 1 is 0.913 bits per heavy atom. The van der Waals surface area contributed by atoms with Crippen molar-refractivity contribution in [2.75, 3.05) is 6.54 Å². The summed E-state index contributed by atoms with van der Waals surface area (Å²) in [5, 5.41) is 14.5. The molecule has 1 heterocycles. The summed E-state index contributed by atoms with van der Waals surface area (Å²) in [5.41, 5.74) is 3.55. The highest BCUT2D eigenvalue weighted by Gasteiger charge is 2.15. The highest BCUT2D eigenvalue weighted by molar-refractivity contribution is 5.25. The molecule has 3 aromatic rings. The first-order chi connectivity index (χ1) is 11.4. The molecule has 0 aliphatic heterocycles. The van der Waals surface area contributed by atoms with Gasteiger partial charge >= 0.3 is 0 Å². The third-order valence-electron chi connectivity index (χ3n) is 3.95. The number of hydrogen-bond acceptors (Lipinski definition) is 3. The van der Waals surface area contributed by atoms with Crippen LogP contribution in [-0.2, 0) is 6.42 Å². The maximum atomic E-state index is 4.24. The minimum atomic E-state index is 0.0895. The molecule has 0 bridgehead atoms. The van der Waals surface area contributed by atoms with Gasteiger partial charge in [0.25, 0.3) is 0 Å². The van der Waals surface area contributed by atoms with Crippen molar-refractivity contribution in [2.45, 2.75) is 25.3 Å². The van der Waals surface area contributed by atoms with Crippen LogP contribution >= 0.6 is 0 Å². The van der Waals surface area contributed by atoms with E-state index in [1.54, 1.807) is 6.20 Å². The Bertz CT molecular complexity index is 665. The quantitative estimate of drug-likeness (QED) is 0.626. The zero-order chi connectivity index (χ0) is 15.7. The molecule has 1 aromatic heterocycles. The zero-order valence-corrected chi connectivity index (χ0v) is 13.2. The molecule has 0 spiro atoms. The lowest BCUT2D eigenvalue weighted by Gasteiger charge is -2.16. The van der Waals surface area contributed by atoms with Gasteiger partial charge in [0.05, 0.1) is 12.2 Å². The van der Waals surface area contributed by atoms with E-state index in [1.807, 2.05) is 6.07 Å². The van der Waals surface area contributed by atoms with Crippen molar-refractivity contribution >= 4 is 0 Å². The second kappa shape index (κ2) is 8.25. The van der Waals surface area contributed by atoms with E-state index in [1.165, 1.54) is 17.5 Å². The van der Waals surface area contributed by atoms with Crippen molar-refractivity contribution in [3.8, 4) is 0 Å². The van der Waals surface area contributed by atoms with Gasteiger partial charge in [-0.1, -0.05) is 60.7 Å². The normalized spacial score (nSPS) is 12.2. The van der Waals surface area contributed by atoms with Gasteiger partial charge in [0.2, 0.25) is 0 Å². The van der Waals surface area contributed by atoms with Gasteiger partial charge in [-0.05, 0) is 36.9 Å². The number of hydrogen-bond donors (Lipinski definition) is 2. The summed E-state index contributed by atoms with van der Waals surface area (Å²) in [5.74, 6) is 0. The maximum Gasteiger partial charge on any atom is 0.104 e. The van der Waals surface area contributed by atoms with E-state index in [9.17, 15) is 0 Å². The number of nitrogens with zero attached hydrogens (tertiary/aromatic N) is 2. The summed E-state index contributed by atoms with van der Waals surface area (Å²) in [6, 6.07) is 21.1. The molecule has 0 aliphatic rings. The predicted molar refractivity (Wildman–Crippen MR) is 92.1 cm³/mol. The molecule has 118 valence electrons. The predicted octanol–water partition coefficient (Wildman–Crippen LogP) is 3.51. The number of aromatic amines is 1. The molecule has 1 atom stereocenters. The number of aromatic nitrogens is 3. The van der Waals surface area contributed by atoms with Crippen LogP contribution in [0.15, 0.2) is 66.9 Å². The number of rotatable bonds is 8. The number of benzene rings is 2. The average Bonchev–Trinajstić information content (AvgIpc) is 3.14. The molecule has 4 nitrogen and oxygen atoms in total. The summed E-state index contributed by atoms with van der Waals surface area (Å²) in [4.78, 5) is 0. The van der Waals surface area contributed by atoms with Gasteiger partial charge in [0.1, 0.15) is 5.69 Å². The van der Waals surface area contributed by atoms with E-state index in [0.29, 0.717) is 0 Å². The summed E-state index contributed by atoms with van der Waals surface area (Å²) in [7, 11) is 0. The van der Waals surface area contributed by atoms with Crippen LogP contribution < -0.4 is 5.32 Å². The Balaban J connectivity index is 1.51. The molecule has 0 saturated carbocycles. The number of H-pyrrole nitrogens is 1.